The van der Waals surface area contributed by atoms with Crippen molar-refractivity contribution in [2.24, 2.45) is 0 Å². The second-order valence-corrected chi connectivity index (χ2v) is 5.39. The summed E-state index contributed by atoms with van der Waals surface area (Å²) >= 11 is 5.81. The van der Waals surface area contributed by atoms with E-state index in [1.54, 1.807) is 0 Å². The van der Waals surface area contributed by atoms with Crippen molar-refractivity contribution in [1.29, 1.82) is 0 Å². The van der Waals surface area contributed by atoms with Crippen LogP contribution in [0.3, 0.4) is 0 Å². The number of carbonyl (C=O) groups is 1. The van der Waals surface area contributed by atoms with E-state index in [0.29, 0.717) is 24.9 Å². The molecule has 7 nitrogen and oxygen atoms in total. The van der Waals surface area contributed by atoms with E-state index in [1.165, 1.54) is 0 Å². The molecule has 0 bridgehead atoms. The molecule has 1 heterocycles. The van der Waals surface area contributed by atoms with Crippen molar-refractivity contribution in [3.05, 3.63) is 5.28 Å². The Kier molecular flexibility index (Phi) is 5.29. The van der Waals surface area contributed by atoms with E-state index in [-0.39, 0.29) is 17.2 Å². The molecular weight excluding hydrogens is 270 g/mol. The fraction of sp³-hybridized carbons (Fsp3) is 0.636. The summed E-state index contributed by atoms with van der Waals surface area (Å²) in [6, 6.07) is 0. The summed E-state index contributed by atoms with van der Waals surface area (Å²) in [5.41, 5.74) is -0.189. The maximum Gasteiger partial charge on any atom is 0.303 e. The van der Waals surface area contributed by atoms with E-state index in [1.807, 2.05) is 20.8 Å². The van der Waals surface area contributed by atoms with Gasteiger partial charge in [-0.05, 0) is 38.8 Å². The van der Waals surface area contributed by atoms with Gasteiger partial charge in [0.25, 0.3) is 0 Å². The Bertz CT molecular complexity index is 447. The van der Waals surface area contributed by atoms with Crippen LogP contribution in [0.25, 0.3) is 0 Å². The van der Waals surface area contributed by atoms with Gasteiger partial charge in [-0.3, -0.25) is 4.79 Å². The zero-order chi connectivity index (χ0) is 14.5. The second kappa shape index (κ2) is 6.51. The lowest BCUT2D eigenvalue weighted by atomic mass is 10.1. The molecule has 0 fully saturated rings. The predicted octanol–water partition coefficient (Wildman–Crippen LogP) is 2.01. The third-order valence-electron chi connectivity index (χ3n) is 1.95. The Hall–Kier alpha value is -1.63. The number of nitrogens with zero attached hydrogens (tertiary/aromatic N) is 3. The number of carboxylic acids is 1. The van der Waals surface area contributed by atoms with Crippen LogP contribution in [0.15, 0.2) is 0 Å². The molecule has 0 aliphatic carbocycles. The maximum atomic E-state index is 10.4. The number of rotatable bonds is 6. The van der Waals surface area contributed by atoms with E-state index in [4.69, 9.17) is 16.7 Å². The van der Waals surface area contributed by atoms with E-state index < -0.39 is 5.97 Å². The van der Waals surface area contributed by atoms with E-state index in [9.17, 15) is 4.79 Å². The van der Waals surface area contributed by atoms with Gasteiger partial charge in [-0.15, -0.1) is 0 Å². The number of halogens is 1. The van der Waals surface area contributed by atoms with Crippen LogP contribution in [0.4, 0.5) is 11.9 Å². The second-order valence-electron chi connectivity index (χ2n) is 5.05. The minimum absolute atomic E-state index is 0.0856. The number of hydrogen-bond acceptors (Lipinski definition) is 6. The van der Waals surface area contributed by atoms with Gasteiger partial charge in [-0.2, -0.15) is 15.0 Å². The maximum absolute atomic E-state index is 10.4. The first-order chi connectivity index (χ1) is 8.76. The van der Waals surface area contributed by atoms with Gasteiger partial charge in [0.05, 0.1) is 0 Å². The largest absolute Gasteiger partial charge is 0.481 e. The molecule has 8 heteroatoms. The zero-order valence-electron chi connectivity index (χ0n) is 11.2. The van der Waals surface area contributed by atoms with Crippen LogP contribution in [0.2, 0.25) is 5.28 Å². The van der Waals surface area contributed by atoms with Gasteiger partial charge in [0.1, 0.15) is 0 Å². The number of carboxylic acid groups (broad SMARTS) is 1. The number of anilines is 2. The molecule has 0 saturated carbocycles. The highest BCUT2D eigenvalue weighted by Crippen LogP contribution is 2.14. The monoisotopic (exact) mass is 287 g/mol. The lowest BCUT2D eigenvalue weighted by molar-refractivity contribution is -0.137. The van der Waals surface area contributed by atoms with Gasteiger partial charge in [0.15, 0.2) is 0 Å². The average Bonchev–Trinajstić information content (AvgIpc) is 2.20. The molecule has 0 atom stereocenters. The normalized spacial score (nSPS) is 11.2. The summed E-state index contributed by atoms with van der Waals surface area (Å²) in [5, 5.41) is 14.6. The van der Waals surface area contributed by atoms with Crippen molar-refractivity contribution in [3.63, 3.8) is 0 Å². The van der Waals surface area contributed by atoms with Gasteiger partial charge in [0.2, 0.25) is 17.2 Å². The molecule has 0 aromatic carbocycles. The topological polar surface area (TPSA) is 100 Å². The van der Waals surface area contributed by atoms with Crippen LogP contribution >= 0.6 is 11.6 Å². The van der Waals surface area contributed by atoms with Crippen molar-refractivity contribution in [1.82, 2.24) is 15.0 Å². The number of aromatic nitrogens is 3. The average molecular weight is 288 g/mol. The zero-order valence-corrected chi connectivity index (χ0v) is 12.0. The van der Waals surface area contributed by atoms with Gasteiger partial charge < -0.3 is 15.7 Å². The fourth-order valence-corrected chi connectivity index (χ4v) is 1.42. The van der Waals surface area contributed by atoms with Gasteiger partial charge >= 0.3 is 5.97 Å². The van der Waals surface area contributed by atoms with Crippen LogP contribution in [0.1, 0.15) is 33.6 Å². The standard InChI is InChI=1S/C11H18ClN5O2/c1-11(2,3)17-10-15-8(12)14-9(16-10)13-6-4-5-7(18)19/h4-6H2,1-3H3,(H,18,19)(H2,13,14,15,16,17). The Balaban J connectivity index is 2.61. The summed E-state index contributed by atoms with van der Waals surface area (Å²) in [6.45, 7) is 6.39. The first-order valence-electron chi connectivity index (χ1n) is 5.92. The highest BCUT2D eigenvalue weighted by molar-refractivity contribution is 6.28. The van der Waals surface area contributed by atoms with Crippen LogP contribution in [0, 0.1) is 0 Å². The van der Waals surface area contributed by atoms with Crippen molar-refractivity contribution < 1.29 is 9.90 Å². The highest BCUT2D eigenvalue weighted by atomic mass is 35.5. The Morgan fingerprint density at radius 3 is 2.47 bits per heavy atom. The lowest BCUT2D eigenvalue weighted by Gasteiger charge is -2.20. The van der Waals surface area contributed by atoms with Gasteiger partial charge in [0, 0.05) is 18.5 Å². The highest BCUT2D eigenvalue weighted by Gasteiger charge is 2.13. The van der Waals surface area contributed by atoms with Crippen LogP contribution in [-0.4, -0.2) is 38.1 Å². The smallest absolute Gasteiger partial charge is 0.303 e. The van der Waals surface area contributed by atoms with Crippen molar-refractivity contribution in [3.8, 4) is 0 Å². The Labute approximate surface area is 116 Å². The summed E-state index contributed by atoms with van der Waals surface area (Å²) in [5.74, 6) is -0.115. The molecule has 0 amide bonds. The summed E-state index contributed by atoms with van der Waals surface area (Å²) in [6.07, 6.45) is 0.583. The minimum Gasteiger partial charge on any atom is -0.481 e. The number of aliphatic carboxylic acids is 1. The molecule has 1 aromatic heterocycles. The predicted molar refractivity (Wildman–Crippen MR) is 73.6 cm³/mol. The molecule has 0 aliphatic rings. The van der Waals surface area contributed by atoms with Crippen LogP contribution < -0.4 is 10.6 Å². The van der Waals surface area contributed by atoms with Crippen LogP contribution in [0.5, 0.6) is 0 Å². The molecule has 0 spiro atoms. The molecule has 1 aromatic rings. The summed E-state index contributed by atoms with van der Waals surface area (Å²) in [4.78, 5) is 22.4. The molecule has 0 radical (unpaired) electrons. The molecule has 0 aliphatic heterocycles. The SMILES string of the molecule is CC(C)(C)Nc1nc(Cl)nc(NCCCC(=O)O)n1. The molecular formula is C11H18ClN5O2. The van der Waals surface area contributed by atoms with E-state index in [0.717, 1.165) is 0 Å². The molecule has 19 heavy (non-hydrogen) atoms. The third-order valence-corrected chi connectivity index (χ3v) is 2.11. The third kappa shape index (κ3) is 6.76. The Morgan fingerprint density at radius 2 is 1.89 bits per heavy atom. The van der Waals surface area contributed by atoms with Crippen LogP contribution in [-0.2, 0) is 4.79 Å². The molecule has 3 N–H and O–H groups in total. The van der Waals surface area contributed by atoms with Crippen molar-refractivity contribution in [2.75, 3.05) is 17.2 Å². The first-order valence-corrected chi connectivity index (χ1v) is 6.29. The summed E-state index contributed by atoms with van der Waals surface area (Å²) in [7, 11) is 0. The molecule has 0 unspecified atom stereocenters. The van der Waals surface area contributed by atoms with Gasteiger partial charge in [-0.25, -0.2) is 0 Å². The minimum atomic E-state index is -0.828. The first kappa shape index (κ1) is 15.4. The van der Waals surface area contributed by atoms with E-state index in [2.05, 4.69) is 25.6 Å². The quantitative estimate of drug-likeness (QED) is 0.688. The fourth-order valence-electron chi connectivity index (χ4n) is 1.26. The number of nitrogens with one attached hydrogen (secondary N) is 2. The number of hydrogen-bond donors (Lipinski definition) is 3. The molecule has 1 rings (SSSR count). The van der Waals surface area contributed by atoms with Crippen molar-refractivity contribution in [2.45, 2.75) is 39.2 Å². The van der Waals surface area contributed by atoms with E-state index >= 15 is 0 Å². The van der Waals surface area contributed by atoms with Gasteiger partial charge in [-0.1, -0.05) is 0 Å². The molecule has 0 saturated heterocycles. The summed E-state index contributed by atoms with van der Waals surface area (Å²) < 4.78 is 0. The Morgan fingerprint density at radius 1 is 1.26 bits per heavy atom. The molecule has 106 valence electrons. The lowest BCUT2D eigenvalue weighted by Crippen LogP contribution is -2.27. The van der Waals surface area contributed by atoms with Crippen molar-refractivity contribution >= 4 is 29.5 Å².